The number of aryl methyl sites for hydroxylation is 1. The molecule has 0 aliphatic carbocycles. The lowest BCUT2D eigenvalue weighted by atomic mass is 10.2. The molecule has 0 aromatic heterocycles. The Morgan fingerprint density at radius 2 is 2.06 bits per heavy atom. The van der Waals surface area contributed by atoms with Gasteiger partial charge in [-0.15, -0.1) is 0 Å². The molecule has 3 nitrogen and oxygen atoms in total. The van der Waals surface area contributed by atoms with Crippen LogP contribution in [0.15, 0.2) is 23.1 Å². The molecule has 2 N–H and O–H groups in total. The van der Waals surface area contributed by atoms with Gasteiger partial charge < -0.3 is 10.5 Å². The summed E-state index contributed by atoms with van der Waals surface area (Å²) in [5.41, 5.74) is 7.43. The van der Waals surface area contributed by atoms with E-state index < -0.39 is 10.8 Å². The van der Waals surface area contributed by atoms with Crippen molar-refractivity contribution >= 4 is 16.5 Å². The van der Waals surface area contributed by atoms with Gasteiger partial charge in [0, 0.05) is 29.0 Å². The Hall–Kier alpha value is -0.870. The Morgan fingerprint density at radius 3 is 2.69 bits per heavy atom. The number of benzene rings is 1. The van der Waals surface area contributed by atoms with E-state index >= 15 is 0 Å². The summed E-state index contributed by atoms with van der Waals surface area (Å²) in [5, 5.41) is 0.232. The number of anilines is 1. The molecule has 1 saturated heterocycles. The van der Waals surface area contributed by atoms with E-state index in [0.29, 0.717) is 0 Å². The van der Waals surface area contributed by atoms with Crippen LogP contribution in [0.5, 0.6) is 0 Å². The van der Waals surface area contributed by atoms with Crippen molar-refractivity contribution in [3.05, 3.63) is 23.8 Å². The summed E-state index contributed by atoms with van der Waals surface area (Å²) >= 11 is 0. The third-order valence-corrected chi connectivity index (χ3v) is 4.86. The minimum Gasteiger partial charge on any atom is -0.399 e. The minimum absolute atomic E-state index is 0.232. The van der Waals surface area contributed by atoms with E-state index in [4.69, 9.17) is 10.5 Å². The van der Waals surface area contributed by atoms with Gasteiger partial charge >= 0.3 is 0 Å². The van der Waals surface area contributed by atoms with Gasteiger partial charge in [0.25, 0.3) is 0 Å². The fraction of sp³-hybridized carbons (Fsp3) is 0.500. The maximum atomic E-state index is 12.3. The molecule has 2 rings (SSSR count). The van der Waals surface area contributed by atoms with E-state index in [1.807, 2.05) is 25.1 Å². The molecule has 16 heavy (non-hydrogen) atoms. The van der Waals surface area contributed by atoms with Gasteiger partial charge in [0.2, 0.25) is 0 Å². The van der Waals surface area contributed by atoms with Gasteiger partial charge in [0.05, 0.1) is 10.8 Å². The lowest BCUT2D eigenvalue weighted by Gasteiger charge is -2.22. The Kier molecular flexibility index (Phi) is 3.61. The Morgan fingerprint density at radius 1 is 1.38 bits per heavy atom. The number of rotatable bonds is 2. The molecule has 0 spiro atoms. The van der Waals surface area contributed by atoms with Gasteiger partial charge in [0.15, 0.2) is 0 Å². The lowest BCUT2D eigenvalue weighted by molar-refractivity contribution is 0.0992. The Bertz CT molecular complexity index is 400. The van der Waals surface area contributed by atoms with Crippen LogP contribution in [0.2, 0.25) is 0 Å². The summed E-state index contributed by atoms with van der Waals surface area (Å²) in [6.45, 7) is 3.41. The first-order valence-electron chi connectivity index (χ1n) is 5.53. The predicted molar refractivity (Wildman–Crippen MR) is 65.8 cm³/mol. The molecule has 4 heteroatoms. The zero-order valence-corrected chi connectivity index (χ0v) is 10.3. The zero-order chi connectivity index (χ0) is 11.5. The van der Waals surface area contributed by atoms with Crippen LogP contribution in [0.25, 0.3) is 0 Å². The topological polar surface area (TPSA) is 52.3 Å². The Labute approximate surface area is 98.4 Å². The smallest absolute Gasteiger partial charge is 0.0565 e. The molecule has 88 valence electrons. The largest absolute Gasteiger partial charge is 0.399 e. The standard InChI is InChI=1S/C12H17NO2S/c1-9-8-10(13)2-3-12(9)16(14)11-4-6-15-7-5-11/h2-3,8,11H,4-7,13H2,1H3. The van der Waals surface area contributed by atoms with Crippen LogP contribution in [0.1, 0.15) is 18.4 Å². The van der Waals surface area contributed by atoms with Gasteiger partial charge in [-0.1, -0.05) is 0 Å². The first-order chi connectivity index (χ1) is 7.68. The van der Waals surface area contributed by atoms with Crippen molar-refractivity contribution in [1.29, 1.82) is 0 Å². The van der Waals surface area contributed by atoms with E-state index in [1.54, 1.807) is 0 Å². The average molecular weight is 239 g/mol. The van der Waals surface area contributed by atoms with E-state index in [2.05, 4.69) is 0 Å². The first kappa shape index (κ1) is 11.6. The van der Waals surface area contributed by atoms with Crippen molar-refractivity contribution in [3.63, 3.8) is 0 Å². The van der Waals surface area contributed by atoms with Crippen molar-refractivity contribution in [3.8, 4) is 0 Å². The van der Waals surface area contributed by atoms with Gasteiger partial charge in [-0.3, -0.25) is 4.21 Å². The lowest BCUT2D eigenvalue weighted by Crippen LogP contribution is -2.25. The highest BCUT2D eigenvalue weighted by molar-refractivity contribution is 7.85. The molecule has 1 aliphatic rings. The summed E-state index contributed by atoms with van der Waals surface area (Å²) in [5.74, 6) is 0. The minimum atomic E-state index is -0.925. The number of ether oxygens (including phenoxy) is 1. The van der Waals surface area contributed by atoms with Crippen LogP contribution in [0.4, 0.5) is 5.69 Å². The summed E-state index contributed by atoms with van der Waals surface area (Å²) in [4.78, 5) is 0.918. The quantitative estimate of drug-likeness (QED) is 0.801. The van der Waals surface area contributed by atoms with E-state index in [9.17, 15) is 4.21 Å². The fourth-order valence-electron chi connectivity index (χ4n) is 1.97. The molecule has 0 radical (unpaired) electrons. The second kappa shape index (κ2) is 4.97. The number of nitrogens with two attached hydrogens (primary N) is 1. The molecule has 1 aromatic carbocycles. The maximum Gasteiger partial charge on any atom is 0.0565 e. The van der Waals surface area contributed by atoms with Crippen LogP contribution in [0, 0.1) is 6.92 Å². The van der Waals surface area contributed by atoms with E-state index in [-0.39, 0.29) is 5.25 Å². The summed E-state index contributed by atoms with van der Waals surface area (Å²) in [7, 11) is -0.925. The highest BCUT2D eigenvalue weighted by atomic mass is 32.2. The van der Waals surface area contributed by atoms with Crippen molar-refractivity contribution in [1.82, 2.24) is 0 Å². The molecule has 0 amide bonds. The predicted octanol–water partition coefficient (Wildman–Crippen LogP) is 1.86. The van der Waals surface area contributed by atoms with Crippen LogP contribution < -0.4 is 5.73 Å². The van der Waals surface area contributed by atoms with E-state index in [1.165, 1.54) is 0 Å². The molecule has 1 fully saturated rings. The van der Waals surface area contributed by atoms with Crippen molar-refractivity contribution in [2.75, 3.05) is 18.9 Å². The van der Waals surface area contributed by atoms with Crippen molar-refractivity contribution in [2.45, 2.75) is 29.9 Å². The molecule has 1 atom stereocenters. The maximum absolute atomic E-state index is 12.3. The van der Waals surface area contributed by atoms with Crippen LogP contribution in [0.3, 0.4) is 0 Å². The SMILES string of the molecule is Cc1cc(N)ccc1S(=O)C1CCOCC1. The normalized spacial score (nSPS) is 19.6. The van der Waals surface area contributed by atoms with Crippen LogP contribution >= 0.6 is 0 Å². The molecule has 1 aromatic rings. The monoisotopic (exact) mass is 239 g/mol. The fourth-order valence-corrected chi connectivity index (χ4v) is 3.53. The van der Waals surface area contributed by atoms with Crippen LogP contribution in [-0.2, 0) is 15.5 Å². The van der Waals surface area contributed by atoms with E-state index in [0.717, 1.165) is 42.2 Å². The summed E-state index contributed by atoms with van der Waals surface area (Å²) in [6, 6.07) is 5.59. The number of hydrogen-bond donors (Lipinski definition) is 1. The second-order valence-electron chi connectivity index (χ2n) is 4.13. The molecular weight excluding hydrogens is 222 g/mol. The van der Waals surface area contributed by atoms with Gasteiger partial charge in [-0.25, -0.2) is 0 Å². The molecular formula is C12H17NO2S. The summed E-state index contributed by atoms with van der Waals surface area (Å²) in [6.07, 6.45) is 1.77. The zero-order valence-electron chi connectivity index (χ0n) is 9.44. The van der Waals surface area contributed by atoms with Gasteiger partial charge in [0.1, 0.15) is 0 Å². The van der Waals surface area contributed by atoms with Crippen molar-refractivity contribution in [2.24, 2.45) is 0 Å². The Balaban J connectivity index is 2.19. The average Bonchev–Trinajstić information content (AvgIpc) is 2.29. The van der Waals surface area contributed by atoms with Gasteiger partial charge in [-0.2, -0.15) is 0 Å². The first-order valence-corrected chi connectivity index (χ1v) is 6.74. The van der Waals surface area contributed by atoms with Gasteiger partial charge in [-0.05, 0) is 43.5 Å². The number of nitrogen functional groups attached to an aromatic ring is 1. The highest BCUT2D eigenvalue weighted by Gasteiger charge is 2.22. The second-order valence-corrected chi connectivity index (χ2v) is 5.84. The summed E-state index contributed by atoms with van der Waals surface area (Å²) < 4.78 is 17.6. The van der Waals surface area contributed by atoms with Crippen molar-refractivity contribution < 1.29 is 8.95 Å². The third-order valence-electron chi connectivity index (χ3n) is 2.89. The highest BCUT2D eigenvalue weighted by Crippen LogP contribution is 2.23. The van der Waals surface area contributed by atoms with Crippen LogP contribution in [-0.4, -0.2) is 22.7 Å². The molecule has 1 unspecified atom stereocenters. The molecule has 1 heterocycles. The third kappa shape index (κ3) is 2.44. The number of hydrogen-bond acceptors (Lipinski definition) is 3. The molecule has 1 aliphatic heterocycles. The molecule has 0 saturated carbocycles. The molecule has 0 bridgehead atoms.